The fraction of sp³-hybridized carbons (Fsp3) is 0.769. The Morgan fingerprint density at radius 3 is 2.75 bits per heavy atom. The molecule has 0 aliphatic carbocycles. The summed E-state index contributed by atoms with van der Waals surface area (Å²) in [5, 5.41) is 12.0. The van der Waals surface area contributed by atoms with E-state index in [0.717, 1.165) is 12.8 Å². The number of carboxylic acid groups (broad SMARTS) is 1. The quantitative estimate of drug-likeness (QED) is 0.545. The third-order valence-electron chi connectivity index (χ3n) is 4.02. The molecule has 0 aromatic rings. The van der Waals surface area contributed by atoms with Crippen LogP contribution in [0, 0.1) is 5.92 Å². The van der Waals surface area contributed by atoms with Gasteiger partial charge in [0, 0.05) is 30.5 Å². The summed E-state index contributed by atoms with van der Waals surface area (Å²) in [5.74, 6) is -0.364. The van der Waals surface area contributed by atoms with Crippen LogP contribution in [-0.4, -0.2) is 57.4 Å². The first-order valence-electron chi connectivity index (χ1n) is 6.88. The molecule has 2 aliphatic rings. The number of carbonyl (C=O) groups is 3. The molecule has 0 aromatic carbocycles. The van der Waals surface area contributed by atoms with E-state index in [1.165, 1.54) is 18.7 Å². The van der Waals surface area contributed by atoms with Gasteiger partial charge in [-0.15, -0.1) is 0 Å². The van der Waals surface area contributed by atoms with Crippen molar-refractivity contribution in [2.75, 3.05) is 12.3 Å². The van der Waals surface area contributed by atoms with Crippen molar-refractivity contribution in [3.63, 3.8) is 0 Å². The average Bonchev–Trinajstić information content (AvgIpc) is 2.70. The second-order valence-electron chi connectivity index (χ2n) is 5.24. The first-order valence-corrected chi connectivity index (χ1v) is 7.93. The summed E-state index contributed by atoms with van der Waals surface area (Å²) < 4.78 is 0. The molecule has 112 valence electrons. The predicted octanol–water partition coefficient (Wildman–Crippen LogP) is 0.318. The Morgan fingerprint density at radius 1 is 1.50 bits per heavy atom. The Labute approximate surface area is 122 Å². The molecule has 2 heterocycles. The first-order chi connectivity index (χ1) is 9.47. The Balaban J connectivity index is 1.93. The summed E-state index contributed by atoms with van der Waals surface area (Å²) in [4.78, 5) is 35.7. The maximum Gasteiger partial charge on any atom is 0.327 e. The van der Waals surface area contributed by atoms with Gasteiger partial charge < -0.3 is 15.3 Å². The number of hydrogen-bond donors (Lipinski definition) is 2. The predicted molar refractivity (Wildman–Crippen MR) is 75.4 cm³/mol. The summed E-state index contributed by atoms with van der Waals surface area (Å²) >= 11 is 1.54. The molecule has 20 heavy (non-hydrogen) atoms. The number of carbonyl (C=O) groups excluding carboxylic acids is 2. The maximum absolute atomic E-state index is 12.0. The van der Waals surface area contributed by atoms with Crippen molar-refractivity contribution in [2.45, 2.75) is 44.0 Å². The summed E-state index contributed by atoms with van der Waals surface area (Å²) in [6, 6.07) is -0.621. The molecule has 0 aromatic heterocycles. The van der Waals surface area contributed by atoms with Crippen LogP contribution in [0.25, 0.3) is 0 Å². The van der Waals surface area contributed by atoms with Crippen LogP contribution in [0.15, 0.2) is 0 Å². The molecule has 2 amide bonds. The largest absolute Gasteiger partial charge is 0.480 e. The van der Waals surface area contributed by atoms with Crippen LogP contribution in [0.3, 0.4) is 0 Å². The lowest BCUT2D eigenvalue weighted by atomic mass is 9.86. The van der Waals surface area contributed by atoms with Gasteiger partial charge in [0.25, 0.3) is 0 Å². The van der Waals surface area contributed by atoms with E-state index in [1.54, 1.807) is 4.90 Å². The van der Waals surface area contributed by atoms with Crippen LogP contribution in [0.2, 0.25) is 0 Å². The van der Waals surface area contributed by atoms with E-state index in [-0.39, 0.29) is 29.0 Å². The third-order valence-corrected chi connectivity index (χ3v) is 5.34. The number of aliphatic carboxylic acids is 1. The monoisotopic (exact) mass is 300 g/mol. The van der Waals surface area contributed by atoms with Gasteiger partial charge in [0.15, 0.2) is 0 Å². The van der Waals surface area contributed by atoms with Gasteiger partial charge in [0.2, 0.25) is 11.8 Å². The molecule has 2 aliphatic heterocycles. The summed E-state index contributed by atoms with van der Waals surface area (Å²) in [6.45, 7) is 3.95. The van der Waals surface area contributed by atoms with Gasteiger partial charge in [-0.05, 0) is 12.8 Å². The highest BCUT2D eigenvalue weighted by molar-refractivity contribution is 8.00. The van der Waals surface area contributed by atoms with Gasteiger partial charge in [0.1, 0.15) is 6.04 Å². The smallest absolute Gasteiger partial charge is 0.327 e. The maximum atomic E-state index is 12.0. The number of fused-ring (bicyclic) bond motifs is 1. The molecule has 7 heteroatoms. The number of nitrogens with one attached hydrogen (secondary N) is 1. The van der Waals surface area contributed by atoms with Crippen LogP contribution in [0.4, 0.5) is 0 Å². The second-order valence-corrected chi connectivity index (χ2v) is 6.59. The van der Waals surface area contributed by atoms with Crippen molar-refractivity contribution in [3.05, 3.63) is 0 Å². The van der Waals surface area contributed by atoms with E-state index in [9.17, 15) is 19.5 Å². The fourth-order valence-electron chi connectivity index (χ4n) is 3.12. The molecule has 0 saturated carbocycles. The van der Waals surface area contributed by atoms with Gasteiger partial charge in [0.05, 0.1) is 5.92 Å². The molecule has 2 N–H and O–H groups in total. The minimum Gasteiger partial charge on any atom is -0.480 e. The lowest BCUT2D eigenvalue weighted by Gasteiger charge is -2.44. The Morgan fingerprint density at radius 2 is 2.20 bits per heavy atom. The van der Waals surface area contributed by atoms with E-state index in [0.29, 0.717) is 12.3 Å². The lowest BCUT2D eigenvalue weighted by Crippen LogP contribution is -2.61. The van der Waals surface area contributed by atoms with Crippen LogP contribution in [0.5, 0.6) is 0 Å². The van der Waals surface area contributed by atoms with Gasteiger partial charge in [-0.1, -0.05) is 6.92 Å². The lowest BCUT2D eigenvalue weighted by molar-refractivity contribution is -0.163. The molecule has 0 spiro atoms. The number of rotatable bonds is 6. The Hall–Kier alpha value is -1.24. The van der Waals surface area contributed by atoms with E-state index in [2.05, 4.69) is 5.32 Å². The summed E-state index contributed by atoms with van der Waals surface area (Å²) in [7, 11) is 0. The van der Waals surface area contributed by atoms with Crippen LogP contribution in [-0.2, 0) is 14.4 Å². The van der Waals surface area contributed by atoms with Crippen molar-refractivity contribution in [1.82, 2.24) is 10.2 Å². The standard InChI is InChI=1S/C13H20N2O4S/c1-3-8-9-6-10(20-5-4-14-7(2)16)11(13(18)19)15(9)12(8)17/h8-11H,3-6H2,1-2H3,(H,14,16)(H,18,19)/t8?,9-,10?,11?/m1/s1. The Bertz CT molecular complexity index is 429. The Kier molecular flexibility index (Phi) is 4.57. The van der Waals surface area contributed by atoms with Gasteiger partial charge in [-0.2, -0.15) is 11.8 Å². The van der Waals surface area contributed by atoms with Gasteiger partial charge in [-0.25, -0.2) is 4.79 Å². The molecule has 0 bridgehead atoms. The van der Waals surface area contributed by atoms with Crippen LogP contribution < -0.4 is 5.32 Å². The van der Waals surface area contributed by atoms with Crippen molar-refractivity contribution in [3.8, 4) is 0 Å². The van der Waals surface area contributed by atoms with Crippen molar-refractivity contribution >= 4 is 29.5 Å². The number of carboxylic acids is 1. The van der Waals surface area contributed by atoms with Crippen molar-refractivity contribution < 1.29 is 19.5 Å². The van der Waals surface area contributed by atoms with Crippen LogP contribution in [0.1, 0.15) is 26.7 Å². The van der Waals surface area contributed by atoms with E-state index >= 15 is 0 Å². The third kappa shape index (κ3) is 2.63. The number of hydrogen-bond acceptors (Lipinski definition) is 4. The molecule has 3 unspecified atom stereocenters. The molecule has 2 saturated heterocycles. The molecule has 0 radical (unpaired) electrons. The number of thioether (sulfide) groups is 1. The zero-order valence-electron chi connectivity index (χ0n) is 11.7. The zero-order chi connectivity index (χ0) is 14.9. The highest BCUT2D eigenvalue weighted by Crippen LogP contribution is 2.45. The zero-order valence-corrected chi connectivity index (χ0v) is 12.5. The van der Waals surface area contributed by atoms with E-state index in [1.807, 2.05) is 6.92 Å². The molecule has 2 rings (SSSR count). The first kappa shape index (κ1) is 15.2. The molecular weight excluding hydrogens is 280 g/mol. The number of nitrogens with zero attached hydrogens (tertiary/aromatic N) is 1. The highest BCUT2D eigenvalue weighted by Gasteiger charge is 2.59. The molecule has 6 nitrogen and oxygen atoms in total. The number of amides is 2. The minimum absolute atomic E-state index is 0.00204. The van der Waals surface area contributed by atoms with Gasteiger partial charge >= 0.3 is 5.97 Å². The van der Waals surface area contributed by atoms with Crippen LogP contribution >= 0.6 is 11.8 Å². The number of β-lactam (4-membered cyclic amide) rings is 1. The average molecular weight is 300 g/mol. The van der Waals surface area contributed by atoms with E-state index < -0.39 is 12.0 Å². The van der Waals surface area contributed by atoms with Gasteiger partial charge in [-0.3, -0.25) is 9.59 Å². The van der Waals surface area contributed by atoms with Crippen molar-refractivity contribution in [1.29, 1.82) is 0 Å². The SMILES string of the molecule is CCC1C(=O)N2C(C(=O)O)C(SCCNC(C)=O)C[C@H]12. The fourth-order valence-corrected chi connectivity index (χ4v) is 4.41. The second kappa shape index (κ2) is 6.03. The minimum atomic E-state index is -0.924. The highest BCUT2D eigenvalue weighted by atomic mass is 32.2. The normalized spacial score (nSPS) is 31.7. The molecule has 4 atom stereocenters. The molecular formula is C13H20N2O4S. The molecule has 2 fully saturated rings. The van der Waals surface area contributed by atoms with E-state index in [4.69, 9.17) is 0 Å². The topological polar surface area (TPSA) is 86.7 Å². The summed E-state index contributed by atoms with van der Waals surface area (Å²) in [6.07, 6.45) is 1.52. The summed E-state index contributed by atoms with van der Waals surface area (Å²) in [5.41, 5.74) is 0. The van der Waals surface area contributed by atoms with Crippen molar-refractivity contribution in [2.24, 2.45) is 5.92 Å².